The van der Waals surface area contributed by atoms with Gasteiger partial charge in [0.05, 0.1) is 16.5 Å². The van der Waals surface area contributed by atoms with Crippen LogP contribution in [-0.4, -0.2) is 55.1 Å². The molecule has 8 nitrogen and oxygen atoms in total. The summed E-state index contributed by atoms with van der Waals surface area (Å²) in [6.07, 6.45) is 2.04. The standard InChI is InChI=1S/C24H28FN3O5S/c1-3-27(4-2)34(31,32)20-11-12-22(33-19-9-5-17(25)6-10-19)21(14-20)26-24(30)16-13-23(29)28(15-16)18-7-8-18/h5-6,9-12,14,16,18H,3-4,7-8,13,15H2,1-2H3,(H,26,30). The lowest BCUT2D eigenvalue weighted by atomic mass is 10.1. The molecule has 1 heterocycles. The van der Waals surface area contributed by atoms with Crippen molar-refractivity contribution in [2.75, 3.05) is 25.0 Å². The first-order valence-corrected chi connectivity index (χ1v) is 12.8. The summed E-state index contributed by atoms with van der Waals surface area (Å²) in [5.74, 6) is -0.836. The molecule has 34 heavy (non-hydrogen) atoms. The van der Waals surface area contributed by atoms with Crippen molar-refractivity contribution in [3.63, 3.8) is 0 Å². The largest absolute Gasteiger partial charge is 0.455 e. The van der Waals surface area contributed by atoms with Crippen molar-refractivity contribution in [1.29, 1.82) is 0 Å². The SMILES string of the molecule is CCN(CC)S(=O)(=O)c1ccc(Oc2ccc(F)cc2)c(NC(=O)C2CC(=O)N(C3CC3)C2)c1. The zero-order chi connectivity index (χ0) is 24.5. The van der Waals surface area contributed by atoms with Crippen molar-refractivity contribution in [3.05, 3.63) is 48.3 Å². The molecule has 1 N–H and O–H groups in total. The van der Waals surface area contributed by atoms with Crippen LogP contribution < -0.4 is 10.1 Å². The minimum Gasteiger partial charge on any atom is -0.455 e. The Balaban J connectivity index is 1.63. The van der Waals surface area contributed by atoms with Crippen LogP contribution in [0.1, 0.15) is 33.1 Å². The molecule has 0 radical (unpaired) electrons. The first kappa shape index (κ1) is 24.2. The Morgan fingerprint density at radius 2 is 1.82 bits per heavy atom. The number of nitrogens with one attached hydrogen (secondary N) is 1. The number of carbonyl (C=O) groups excluding carboxylic acids is 2. The number of halogens is 1. The molecule has 1 aliphatic carbocycles. The van der Waals surface area contributed by atoms with Crippen LogP contribution in [0.4, 0.5) is 10.1 Å². The molecule has 1 saturated carbocycles. The molecule has 4 rings (SSSR count). The van der Waals surface area contributed by atoms with Gasteiger partial charge in [-0.25, -0.2) is 12.8 Å². The normalized spacial score (nSPS) is 18.4. The minimum absolute atomic E-state index is 0.0139. The number of ether oxygens (including phenoxy) is 1. The van der Waals surface area contributed by atoms with Gasteiger partial charge in [0.2, 0.25) is 21.8 Å². The summed E-state index contributed by atoms with van der Waals surface area (Å²) < 4.78 is 46.5. The van der Waals surface area contributed by atoms with E-state index in [9.17, 15) is 22.4 Å². The summed E-state index contributed by atoms with van der Waals surface area (Å²) in [7, 11) is -3.78. The molecule has 2 aromatic carbocycles. The zero-order valence-electron chi connectivity index (χ0n) is 19.2. The van der Waals surface area contributed by atoms with E-state index in [1.165, 1.54) is 46.8 Å². The van der Waals surface area contributed by atoms with E-state index < -0.39 is 21.8 Å². The predicted molar refractivity (Wildman–Crippen MR) is 124 cm³/mol. The smallest absolute Gasteiger partial charge is 0.243 e. The highest BCUT2D eigenvalue weighted by molar-refractivity contribution is 7.89. The predicted octanol–water partition coefficient (Wildman–Crippen LogP) is 3.60. The quantitative estimate of drug-likeness (QED) is 0.581. The molecule has 0 spiro atoms. The van der Waals surface area contributed by atoms with Crippen LogP contribution in [-0.2, 0) is 19.6 Å². The van der Waals surface area contributed by atoms with Crippen LogP contribution in [0.25, 0.3) is 0 Å². The Morgan fingerprint density at radius 3 is 2.44 bits per heavy atom. The van der Waals surface area contributed by atoms with Crippen molar-refractivity contribution >= 4 is 27.5 Å². The highest BCUT2D eigenvalue weighted by Gasteiger charge is 2.42. The van der Waals surface area contributed by atoms with Gasteiger partial charge in [0.1, 0.15) is 11.6 Å². The summed E-state index contributed by atoms with van der Waals surface area (Å²) in [4.78, 5) is 27.1. The monoisotopic (exact) mass is 489 g/mol. The second kappa shape index (κ2) is 9.71. The molecule has 1 atom stereocenters. The molecule has 1 saturated heterocycles. The van der Waals surface area contributed by atoms with Crippen LogP contribution in [0, 0.1) is 11.7 Å². The molecule has 2 fully saturated rings. The average Bonchev–Trinajstić information content (AvgIpc) is 3.58. The second-order valence-corrected chi connectivity index (χ2v) is 10.4. The Morgan fingerprint density at radius 1 is 1.15 bits per heavy atom. The summed E-state index contributed by atoms with van der Waals surface area (Å²) in [5, 5.41) is 2.77. The van der Waals surface area contributed by atoms with E-state index >= 15 is 0 Å². The lowest BCUT2D eigenvalue weighted by Crippen LogP contribution is -2.31. The van der Waals surface area contributed by atoms with E-state index in [4.69, 9.17) is 4.74 Å². The van der Waals surface area contributed by atoms with Gasteiger partial charge in [0, 0.05) is 32.1 Å². The number of likely N-dealkylation sites (tertiary alicyclic amines) is 1. The Kier molecular flexibility index (Phi) is 6.90. The van der Waals surface area contributed by atoms with Gasteiger partial charge >= 0.3 is 0 Å². The van der Waals surface area contributed by atoms with Crippen molar-refractivity contribution in [3.8, 4) is 11.5 Å². The number of hydrogen-bond acceptors (Lipinski definition) is 5. The lowest BCUT2D eigenvalue weighted by Gasteiger charge is -2.20. The highest BCUT2D eigenvalue weighted by Crippen LogP contribution is 2.36. The van der Waals surface area contributed by atoms with Gasteiger partial charge in [-0.3, -0.25) is 9.59 Å². The number of amides is 2. The highest BCUT2D eigenvalue weighted by atomic mass is 32.2. The summed E-state index contributed by atoms with van der Waals surface area (Å²) in [6.45, 7) is 4.45. The number of hydrogen-bond donors (Lipinski definition) is 1. The Labute approximate surface area is 198 Å². The molecular formula is C24H28FN3O5S. The Hall–Kier alpha value is -2.98. The van der Waals surface area contributed by atoms with Gasteiger partial charge in [-0.2, -0.15) is 4.31 Å². The third-order valence-corrected chi connectivity index (χ3v) is 8.16. The van der Waals surface area contributed by atoms with Crippen molar-refractivity contribution in [1.82, 2.24) is 9.21 Å². The summed E-state index contributed by atoms with van der Waals surface area (Å²) >= 11 is 0. The van der Waals surface area contributed by atoms with Crippen LogP contribution >= 0.6 is 0 Å². The molecule has 10 heteroatoms. The van der Waals surface area contributed by atoms with Gasteiger partial charge in [0.15, 0.2) is 5.75 Å². The third-order valence-electron chi connectivity index (χ3n) is 6.11. The van der Waals surface area contributed by atoms with Gasteiger partial charge in [0.25, 0.3) is 0 Å². The van der Waals surface area contributed by atoms with E-state index in [2.05, 4.69) is 5.32 Å². The molecule has 1 unspecified atom stereocenters. The maximum Gasteiger partial charge on any atom is 0.243 e. The Bertz CT molecular complexity index is 1180. The molecule has 1 aliphatic heterocycles. The van der Waals surface area contributed by atoms with Gasteiger partial charge < -0.3 is 15.0 Å². The second-order valence-electron chi connectivity index (χ2n) is 8.47. The summed E-state index contributed by atoms with van der Waals surface area (Å²) in [6, 6.07) is 9.81. The maximum absolute atomic E-state index is 13.3. The fraction of sp³-hybridized carbons (Fsp3) is 0.417. The number of nitrogens with zero attached hydrogens (tertiary/aromatic N) is 2. The molecular weight excluding hydrogens is 461 g/mol. The first-order valence-electron chi connectivity index (χ1n) is 11.4. The van der Waals surface area contributed by atoms with Gasteiger partial charge in [-0.05, 0) is 55.3 Å². The van der Waals surface area contributed by atoms with E-state index in [1.807, 2.05) is 0 Å². The number of anilines is 1. The van der Waals surface area contributed by atoms with Crippen LogP contribution in [0.15, 0.2) is 47.4 Å². The molecule has 2 aliphatic rings. The minimum atomic E-state index is -3.78. The average molecular weight is 490 g/mol. The first-order chi connectivity index (χ1) is 16.2. The van der Waals surface area contributed by atoms with E-state index in [0.29, 0.717) is 25.4 Å². The van der Waals surface area contributed by atoms with Crippen molar-refractivity contribution < 1.29 is 27.1 Å². The number of rotatable bonds is 9. The lowest BCUT2D eigenvalue weighted by molar-refractivity contribution is -0.128. The summed E-state index contributed by atoms with van der Waals surface area (Å²) in [5.41, 5.74) is 0.167. The van der Waals surface area contributed by atoms with Gasteiger partial charge in [-0.1, -0.05) is 13.8 Å². The molecule has 0 bridgehead atoms. The van der Waals surface area contributed by atoms with Crippen LogP contribution in [0.2, 0.25) is 0 Å². The third kappa shape index (κ3) is 5.07. The van der Waals surface area contributed by atoms with E-state index in [1.54, 1.807) is 18.7 Å². The van der Waals surface area contributed by atoms with Crippen molar-refractivity contribution in [2.24, 2.45) is 5.92 Å². The zero-order valence-corrected chi connectivity index (χ0v) is 20.0. The fourth-order valence-electron chi connectivity index (χ4n) is 4.08. The number of carbonyl (C=O) groups is 2. The topological polar surface area (TPSA) is 96.0 Å². The van der Waals surface area contributed by atoms with E-state index in [-0.39, 0.29) is 40.6 Å². The van der Waals surface area contributed by atoms with Crippen molar-refractivity contribution in [2.45, 2.75) is 44.0 Å². The van der Waals surface area contributed by atoms with E-state index in [0.717, 1.165) is 12.8 Å². The number of sulfonamides is 1. The number of benzene rings is 2. The molecule has 2 amide bonds. The maximum atomic E-state index is 13.3. The molecule has 0 aromatic heterocycles. The molecule has 2 aromatic rings. The van der Waals surface area contributed by atoms with Crippen LogP contribution in [0.3, 0.4) is 0 Å². The fourth-order valence-corrected chi connectivity index (χ4v) is 5.56. The van der Waals surface area contributed by atoms with Gasteiger partial charge in [-0.15, -0.1) is 0 Å². The molecule has 182 valence electrons. The van der Waals surface area contributed by atoms with Crippen LogP contribution in [0.5, 0.6) is 11.5 Å².